The van der Waals surface area contributed by atoms with Crippen molar-refractivity contribution < 1.29 is 8.42 Å². The zero-order valence-electron chi connectivity index (χ0n) is 16.9. The molecular formula is C19H32N4O2S2. The van der Waals surface area contributed by atoms with Crippen LogP contribution in [0.4, 0.5) is 0 Å². The van der Waals surface area contributed by atoms with E-state index in [1.165, 1.54) is 18.6 Å². The summed E-state index contributed by atoms with van der Waals surface area (Å²) in [5.41, 5.74) is 0.171. The minimum absolute atomic E-state index is 0.232. The average Bonchev–Trinajstić information content (AvgIpc) is 3.00. The smallest absolute Gasteiger partial charge is 0.241 e. The molecule has 1 aromatic rings. The van der Waals surface area contributed by atoms with Gasteiger partial charge in [0.25, 0.3) is 0 Å². The predicted molar refractivity (Wildman–Crippen MR) is 115 cm³/mol. The fourth-order valence-corrected chi connectivity index (χ4v) is 5.92. The first-order valence-electron chi connectivity index (χ1n) is 9.25. The van der Waals surface area contributed by atoms with Gasteiger partial charge in [-0.1, -0.05) is 18.2 Å². The summed E-state index contributed by atoms with van der Waals surface area (Å²) in [5, 5.41) is 6.61. The van der Waals surface area contributed by atoms with Gasteiger partial charge in [-0.15, -0.1) is 0 Å². The highest BCUT2D eigenvalue weighted by molar-refractivity contribution is 8.00. The minimum Gasteiger partial charge on any atom is -0.355 e. The first kappa shape index (κ1) is 22.0. The molecule has 1 fully saturated rings. The number of sulfonamides is 1. The summed E-state index contributed by atoms with van der Waals surface area (Å²) in [6.45, 7) is 8.98. The van der Waals surface area contributed by atoms with Crippen LogP contribution in [0.3, 0.4) is 0 Å². The molecule has 152 valence electrons. The van der Waals surface area contributed by atoms with E-state index in [2.05, 4.69) is 27.3 Å². The summed E-state index contributed by atoms with van der Waals surface area (Å²) in [6.07, 6.45) is 2.45. The molecule has 6 nitrogen and oxygen atoms in total. The highest BCUT2D eigenvalue weighted by atomic mass is 32.2. The minimum atomic E-state index is -3.59. The summed E-state index contributed by atoms with van der Waals surface area (Å²) in [7, 11) is -1.87. The fourth-order valence-electron chi connectivity index (χ4n) is 3.02. The van der Waals surface area contributed by atoms with Gasteiger partial charge in [0.1, 0.15) is 0 Å². The molecule has 1 saturated heterocycles. The van der Waals surface area contributed by atoms with Crippen molar-refractivity contribution in [2.24, 2.45) is 4.99 Å². The van der Waals surface area contributed by atoms with Crippen LogP contribution in [-0.2, 0) is 16.6 Å². The van der Waals surface area contributed by atoms with E-state index in [1.807, 2.05) is 44.7 Å². The highest BCUT2D eigenvalue weighted by Gasteiger charge is 2.29. The Bertz CT molecular complexity index is 764. The molecule has 0 spiro atoms. The van der Waals surface area contributed by atoms with Gasteiger partial charge < -0.3 is 10.6 Å². The second-order valence-electron chi connectivity index (χ2n) is 8.14. The van der Waals surface area contributed by atoms with Crippen molar-refractivity contribution >= 4 is 27.7 Å². The normalized spacial score (nSPS) is 21.3. The van der Waals surface area contributed by atoms with E-state index in [1.54, 1.807) is 19.2 Å². The maximum Gasteiger partial charge on any atom is 0.241 e. The zero-order chi connectivity index (χ0) is 20.1. The Kier molecular flexibility index (Phi) is 7.21. The molecule has 0 aromatic heterocycles. The van der Waals surface area contributed by atoms with Crippen molar-refractivity contribution in [3.8, 4) is 0 Å². The molecule has 0 amide bonds. The van der Waals surface area contributed by atoms with Crippen LogP contribution in [0.2, 0.25) is 0 Å². The Morgan fingerprint density at radius 1 is 1.26 bits per heavy atom. The second kappa shape index (κ2) is 8.84. The van der Waals surface area contributed by atoms with Crippen molar-refractivity contribution in [3.63, 3.8) is 0 Å². The molecule has 0 aliphatic carbocycles. The van der Waals surface area contributed by atoms with E-state index < -0.39 is 15.6 Å². The lowest BCUT2D eigenvalue weighted by molar-refractivity contribution is 0.491. The summed E-state index contributed by atoms with van der Waals surface area (Å²) in [5.74, 6) is 1.88. The molecule has 27 heavy (non-hydrogen) atoms. The Morgan fingerprint density at radius 2 is 1.96 bits per heavy atom. The number of guanidine groups is 1. The summed E-state index contributed by atoms with van der Waals surface area (Å²) < 4.78 is 28.4. The van der Waals surface area contributed by atoms with Crippen LogP contribution in [0.1, 0.15) is 46.1 Å². The summed E-state index contributed by atoms with van der Waals surface area (Å²) in [4.78, 5) is 4.56. The van der Waals surface area contributed by atoms with Crippen LogP contribution >= 0.6 is 11.8 Å². The van der Waals surface area contributed by atoms with E-state index in [4.69, 9.17) is 0 Å². The van der Waals surface area contributed by atoms with Gasteiger partial charge in [0.15, 0.2) is 5.96 Å². The number of nitrogens with one attached hydrogen (secondary N) is 3. The molecule has 1 aromatic carbocycles. The second-order valence-corrected chi connectivity index (χ2v) is 11.5. The third-order valence-corrected chi connectivity index (χ3v) is 7.70. The molecule has 1 atom stereocenters. The van der Waals surface area contributed by atoms with Crippen LogP contribution in [0.15, 0.2) is 34.2 Å². The number of benzene rings is 1. The first-order valence-corrected chi connectivity index (χ1v) is 11.7. The maximum absolute atomic E-state index is 12.7. The molecule has 0 bridgehead atoms. The largest absolute Gasteiger partial charge is 0.355 e. The third kappa shape index (κ3) is 6.69. The van der Waals surface area contributed by atoms with Crippen molar-refractivity contribution in [1.82, 2.24) is 15.4 Å². The molecule has 3 N–H and O–H groups in total. The fraction of sp³-hybridized carbons (Fsp3) is 0.632. The van der Waals surface area contributed by atoms with Gasteiger partial charge in [-0.3, -0.25) is 4.99 Å². The topological polar surface area (TPSA) is 82.6 Å². The van der Waals surface area contributed by atoms with Gasteiger partial charge in [0, 0.05) is 30.4 Å². The molecule has 1 aliphatic heterocycles. The van der Waals surface area contributed by atoms with Gasteiger partial charge in [0.05, 0.1) is 4.90 Å². The van der Waals surface area contributed by atoms with E-state index in [0.29, 0.717) is 23.0 Å². The van der Waals surface area contributed by atoms with E-state index in [-0.39, 0.29) is 4.75 Å². The van der Waals surface area contributed by atoms with Crippen molar-refractivity contribution in [2.45, 2.75) is 62.3 Å². The summed E-state index contributed by atoms with van der Waals surface area (Å²) >= 11 is 1.99. The number of nitrogens with zero attached hydrogens (tertiary/aromatic N) is 1. The molecule has 8 heteroatoms. The molecular weight excluding hydrogens is 380 g/mol. The predicted octanol–water partition coefficient (Wildman–Crippen LogP) is 2.71. The monoisotopic (exact) mass is 412 g/mol. The molecule has 1 unspecified atom stereocenters. The number of thioether (sulfide) groups is 1. The molecule has 1 aliphatic rings. The lowest BCUT2D eigenvalue weighted by atomic mass is 10.1. The quantitative estimate of drug-likeness (QED) is 0.494. The first-order chi connectivity index (χ1) is 12.5. The number of hydrogen-bond acceptors (Lipinski definition) is 4. The zero-order valence-corrected chi connectivity index (χ0v) is 18.6. The van der Waals surface area contributed by atoms with Crippen LogP contribution in [0, 0.1) is 0 Å². The third-order valence-electron chi connectivity index (χ3n) is 4.30. The standard InChI is InChI=1S/C19H32N4O2S2/c1-18(2,3)23-27(24,25)16-10-7-6-9-15(16)13-21-17(20-5)22-14-19(4)11-8-12-26-19/h6-7,9-10,23H,8,11-14H2,1-5H3,(H2,20,21,22). The van der Waals surface area contributed by atoms with E-state index in [9.17, 15) is 8.42 Å². The average molecular weight is 413 g/mol. The van der Waals surface area contributed by atoms with Crippen molar-refractivity contribution in [2.75, 3.05) is 19.3 Å². The number of rotatable bonds is 6. The lowest BCUT2D eigenvalue weighted by Gasteiger charge is -2.24. The van der Waals surface area contributed by atoms with Crippen LogP contribution in [-0.4, -0.2) is 44.0 Å². The molecule has 1 heterocycles. The Hall–Kier alpha value is -1.25. The van der Waals surface area contributed by atoms with Gasteiger partial charge in [-0.05, 0) is 57.9 Å². The summed E-state index contributed by atoms with van der Waals surface area (Å²) in [6, 6.07) is 7.05. The van der Waals surface area contributed by atoms with E-state index >= 15 is 0 Å². The SMILES string of the molecule is CN=C(NCc1ccccc1S(=O)(=O)NC(C)(C)C)NCC1(C)CCCS1. The van der Waals surface area contributed by atoms with Crippen molar-refractivity contribution in [1.29, 1.82) is 0 Å². The lowest BCUT2D eigenvalue weighted by Crippen LogP contribution is -2.44. The maximum atomic E-state index is 12.7. The van der Waals surface area contributed by atoms with E-state index in [0.717, 1.165) is 6.54 Å². The van der Waals surface area contributed by atoms with Crippen molar-refractivity contribution in [3.05, 3.63) is 29.8 Å². The van der Waals surface area contributed by atoms with Crippen LogP contribution in [0.5, 0.6) is 0 Å². The van der Waals surface area contributed by atoms with Crippen LogP contribution in [0.25, 0.3) is 0 Å². The Balaban J connectivity index is 2.05. The van der Waals surface area contributed by atoms with Gasteiger partial charge in [0.2, 0.25) is 10.0 Å². The van der Waals surface area contributed by atoms with Gasteiger partial charge in [-0.25, -0.2) is 13.1 Å². The van der Waals surface area contributed by atoms with Gasteiger partial charge >= 0.3 is 0 Å². The highest BCUT2D eigenvalue weighted by Crippen LogP contribution is 2.36. The Morgan fingerprint density at radius 3 is 2.56 bits per heavy atom. The van der Waals surface area contributed by atoms with Gasteiger partial charge in [-0.2, -0.15) is 11.8 Å². The number of aliphatic imine (C=N–C) groups is 1. The Labute approximate surface area is 168 Å². The molecule has 2 rings (SSSR count). The van der Waals surface area contributed by atoms with Crippen LogP contribution < -0.4 is 15.4 Å². The molecule has 0 saturated carbocycles. The molecule has 0 radical (unpaired) electrons. The number of hydrogen-bond donors (Lipinski definition) is 3.